The van der Waals surface area contributed by atoms with E-state index in [4.69, 9.17) is 9.47 Å². The van der Waals surface area contributed by atoms with Gasteiger partial charge in [0.25, 0.3) is 0 Å². The summed E-state index contributed by atoms with van der Waals surface area (Å²) in [5.41, 5.74) is 1.38. The van der Waals surface area contributed by atoms with E-state index in [0.717, 1.165) is 49.1 Å². The van der Waals surface area contributed by atoms with Crippen molar-refractivity contribution in [2.45, 2.75) is 31.8 Å². The molecule has 0 saturated carbocycles. The molecule has 0 radical (unpaired) electrons. The molecule has 2 saturated heterocycles. The van der Waals surface area contributed by atoms with Gasteiger partial charge in [-0.15, -0.1) is 0 Å². The lowest BCUT2D eigenvalue weighted by molar-refractivity contribution is 0.218. The van der Waals surface area contributed by atoms with Crippen LogP contribution in [-0.2, 0) is 6.42 Å². The Labute approximate surface area is 131 Å². The summed E-state index contributed by atoms with van der Waals surface area (Å²) in [5.74, 6) is 4.90. The lowest BCUT2D eigenvalue weighted by atomic mass is 9.91. The summed E-state index contributed by atoms with van der Waals surface area (Å²) in [6.45, 7) is 2.31. The summed E-state index contributed by atoms with van der Waals surface area (Å²) in [6.07, 6.45) is 5.20. The molecular formula is C17H25NO2S. The van der Waals surface area contributed by atoms with Gasteiger partial charge >= 0.3 is 0 Å². The largest absolute Gasteiger partial charge is 0.493 e. The number of rotatable bonds is 5. The molecule has 1 unspecified atom stereocenters. The van der Waals surface area contributed by atoms with E-state index in [1.54, 1.807) is 7.11 Å². The highest BCUT2D eigenvalue weighted by Gasteiger charge is 2.20. The van der Waals surface area contributed by atoms with E-state index in [2.05, 4.69) is 23.5 Å². The lowest BCUT2D eigenvalue weighted by Gasteiger charge is -2.23. The van der Waals surface area contributed by atoms with Gasteiger partial charge < -0.3 is 14.8 Å². The second-order valence-electron chi connectivity index (χ2n) is 5.99. The minimum Gasteiger partial charge on any atom is -0.493 e. The average Bonchev–Trinajstić information content (AvgIpc) is 3.02. The van der Waals surface area contributed by atoms with Crippen molar-refractivity contribution in [3.8, 4) is 11.5 Å². The predicted molar refractivity (Wildman–Crippen MR) is 88.6 cm³/mol. The van der Waals surface area contributed by atoms with Crippen molar-refractivity contribution in [2.75, 3.05) is 31.7 Å². The number of benzene rings is 1. The molecule has 1 aromatic carbocycles. The Balaban J connectivity index is 1.69. The van der Waals surface area contributed by atoms with Gasteiger partial charge in [-0.05, 0) is 68.1 Å². The zero-order chi connectivity index (χ0) is 14.5. The van der Waals surface area contributed by atoms with Gasteiger partial charge in [0.1, 0.15) is 6.10 Å². The van der Waals surface area contributed by atoms with Crippen LogP contribution in [0.25, 0.3) is 0 Å². The summed E-state index contributed by atoms with van der Waals surface area (Å²) < 4.78 is 11.6. The van der Waals surface area contributed by atoms with Crippen molar-refractivity contribution in [3.63, 3.8) is 0 Å². The first-order chi connectivity index (χ1) is 10.3. The fourth-order valence-electron chi connectivity index (χ4n) is 3.14. The van der Waals surface area contributed by atoms with E-state index in [1.165, 1.54) is 24.2 Å². The first-order valence-corrected chi connectivity index (χ1v) is 9.12. The van der Waals surface area contributed by atoms with E-state index in [1.807, 2.05) is 11.8 Å². The first-order valence-electron chi connectivity index (χ1n) is 7.97. The molecule has 3 rings (SSSR count). The van der Waals surface area contributed by atoms with Crippen LogP contribution in [0.15, 0.2) is 18.2 Å². The summed E-state index contributed by atoms with van der Waals surface area (Å²) in [4.78, 5) is 0. The molecule has 4 heteroatoms. The molecule has 21 heavy (non-hydrogen) atoms. The monoisotopic (exact) mass is 307 g/mol. The Bertz CT molecular complexity index is 454. The molecule has 1 aromatic rings. The van der Waals surface area contributed by atoms with Crippen LogP contribution < -0.4 is 14.8 Å². The molecule has 1 atom stereocenters. The minimum absolute atomic E-state index is 0.345. The quantitative estimate of drug-likeness (QED) is 0.905. The highest BCUT2D eigenvalue weighted by Crippen LogP contribution is 2.33. The van der Waals surface area contributed by atoms with E-state index in [0.29, 0.717) is 6.10 Å². The van der Waals surface area contributed by atoms with Gasteiger partial charge in [0, 0.05) is 5.75 Å². The van der Waals surface area contributed by atoms with E-state index >= 15 is 0 Å². The number of hydrogen-bond donors (Lipinski definition) is 1. The van der Waals surface area contributed by atoms with Crippen molar-refractivity contribution in [1.29, 1.82) is 0 Å². The SMILES string of the molecule is COc1ccc(CC2CCNCC2)cc1OC1CCSC1. The highest BCUT2D eigenvalue weighted by atomic mass is 32.2. The molecule has 0 amide bonds. The normalized spacial score (nSPS) is 23.2. The Morgan fingerprint density at radius 3 is 2.76 bits per heavy atom. The second-order valence-corrected chi connectivity index (χ2v) is 7.14. The van der Waals surface area contributed by atoms with Crippen LogP contribution in [0.4, 0.5) is 0 Å². The van der Waals surface area contributed by atoms with Gasteiger partial charge in [-0.3, -0.25) is 0 Å². The maximum Gasteiger partial charge on any atom is 0.161 e. The Morgan fingerprint density at radius 2 is 2.05 bits per heavy atom. The summed E-state index contributed by atoms with van der Waals surface area (Å²) >= 11 is 1.97. The number of nitrogens with one attached hydrogen (secondary N) is 1. The Morgan fingerprint density at radius 1 is 1.19 bits per heavy atom. The number of piperidine rings is 1. The third-order valence-electron chi connectivity index (χ3n) is 4.39. The number of methoxy groups -OCH3 is 1. The van der Waals surface area contributed by atoms with Crippen molar-refractivity contribution in [1.82, 2.24) is 5.32 Å². The molecule has 0 aliphatic carbocycles. The van der Waals surface area contributed by atoms with Gasteiger partial charge in [-0.25, -0.2) is 0 Å². The average molecular weight is 307 g/mol. The van der Waals surface area contributed by atoms with Crippen molar-refractivity contribution >= 4 is 11.8 Å². The highest BCUT2D eigenvalue weighted by molar-refractivity contribution is 7.99. The molecule has 0 aromatic heterocycles. The van der Waals surface area contributed by atoms with Crippen LogP contribution in [-0.4, -0.2) is 37.8 Å². The molecule has 3 nitrogen and oxygen atoms in total. The topological polar surface area (TPSA) is 30.5 Å². The van der Waals surface area contributed by atoms with Crippen LogP contribution in [0.1, 0.15) is 24.8 Å². The van der Waals surface area contributed by atoms with Gasteiger partial charge in [0.15, 0.2) is 11.5 Å². The van der Waals surface area contributed by atoms with Crippen molar-refractivity contribution in [2.24, 2.45) is 5.92 Å². The lowest BCUT2D eigenvalue weighted by Crippen LogP contribution is -2.28. The summed E-state index contributed by atoms with van der Waals surface area (Å²) in [5, 5.41) is 3.43. The molecule has 0 bridgehead atoms. The predicted octanol–water partition coefficient (Wildman–Crippen LogP) is 3.12. The van der Waals surface area contributed by atoms with E-state index in [9.17, 15) is 0 Å². The molecule has 1 N–H and O–H groups in total. The van der Waals surface area contributed by atoms with E-state index < -0.39 is 0 Å². The number of thioether (sulfide) groups is 1. The summed E-state index contributed by atoms with van der Waals surface area (Å²) in [6, 6.07) is 6.45. The van der Waals surface area contributed by atoms with E-state index in [-0.39, 0.29) is 0 Å². The van der Waals surface area contributed by atoms with Gasteiger partial charge in [0.05, 0.1) is 7.11 Å². The minimum atomic E-state index is 0.345. The van der Waals surface area contributed by atoms with Gasteiger partial charge in [-0.2, -0.15) is 11.8 Å². The van der Waals surface area contributed by atoms with Crippen LogP contribution in [0.5, 0.6) is 11.5 Å². The molecule has 0 spiro atoms. The van der Waals surface area contributed by atoms with Gasteiger partial charge in [0.2, 0.25) is 0 Å². The maximum absolute atomic E-state index is 6.17. The van der Waals surface area contributed by atoms with Crippen molar-refractivity contribution < 1.29 is 9.47 Å². The zero-order valence-corrected chi connectivity index (χ0v) is 13.6. The van der Waals surface area contributed by atoms with Crippen LogP contribution in [0.2, 0.25) is 0 Å². The standard InChI is InChI=1S/C17H25NO2S/c1-19-16-3-2-14(10-13-4-7-18-8-5-13)11-17(16)20-15-6-9-21-12-15/h2-3,11,13,15,18H,4-10,12H2,1H3. The third kappa shape index (κ3) is 4.07. The number of ether oxygens (including phenoxy) is 2. The number of hydrogen-bond acceptors (Lipinski definition) is 4. The molecule has 116 valence electrons. The molecule has 2 fully saturated rings. The fourth-order valence-corrected chi connectivity index (χ4v) is 4.24. The molecule has 2 heterocycles. The summed E-state index contributed by atoms with van der Waals surface area (Å²) in [7, 11) is 1.72. The smallest absolute Gasteiger partial charge is 0.161 e. The fraction of sp³-hybridized carbons (Fsp3) is 0.647. The van der Waals surface area contributed by atoms with Crippen LogP contribution >= 0.6 is 11.8 Å². The Hall–Kier alpha value is -0.870. The third-order valence-corrected chi connectivity index (χ3v) is 5.52. The molecule has 2 aliphatic rings. The second kappa shape index (κ2) is 7.41. The molecular weight excluding hydrogens is 282 g/mol. The first kappa shape index (κ1) is 15.0. The zero-order valence-electron chi connectivity index (χ0n) is 12.8. The van der Waals surface area contributed by atoms with Crippen LogP contribution in [0.3, 0.4) is 0 Å². The van der Waals surface area contributed by atoms with Gasteiger partial charge in [-0.1, -0.05) is 6.07 Å². The van der Waals surface area contributed by atoms with Crippen LogP contribution in [0, 0.1) is 5.92 Å². The Kier molecular flexibility index (Phi) is 5.31. The molecule has 2 aliphatic heterocycles. The maximum atomic E-state index is 6.17. The van der Waals surface area contributed by atoms with Crippen molar-refractivity contribution in [3.05, 3.63) is 23.8 Å².